The third-order valence-corrected chi connectivity index (χ3v) is 4.68. The molecule has 24 heavy (non-hydrogen) atoms. The Hall–Kier alpha value is -2.09. The molecule has 2 aromatic heterocycles. The van der Waals surface area contributed by atoms with Gasteiger partial charge in [0.05, 0.1) is 22.3 Å². The molecule has 0 aliphatic heterocycles. The SMILES string of the molecule is CCCc1cc(=O)[nH]c(SC(C)C(=O)Nc2c(C)nn(C)c2C)n1. The summed E-state index contributed by atoms with van der Waals surface area (Å²) >= 11 is 1.24. The van der Waals surface area contributed by atoms with E-state index < -0.39 is 5.25 Å². The molecule has 0 radical (unpaired) electrons. The van der Waals surface area contributed by atoms with Crippen LogP contribution < -0.4 is 10.9 Å². The molecule has 1 unspecified atom stereocenters. The van der Waals surface area contributed by atoms with E-state index >= 15 is 0 Å². The van der Waals surface area contributed by atoms with Crippen molar-refractivity contribution in [3.05, 3.63) is 33.5 Å². The lowest BCUT2D eigenvalue weighted by Crippen LogP contribution is -2.24. The zero-order chi connectivity index (χ0) is 17.9. The van der Waals surface area contributed by atoms with Gasteiger partial charge in [-0.15, -0.1) is 0 Å². The number of amides is 1. The van der Waals surface area contributed by atoms with Crippen LogP contribution in [-0.2, 0) is 18.3 Å². The molecule has 0 saturated carbocycles. The topological polar surface area (TPSA) is 92.7 Å². The van der Waals surface area contributed by atoms with E-state index in [-0.39, 0.29) is 11.5 Å². The van der Waals surface area contributed by atoms with Crippen molar-refractivity contribution in [3.8, 4) is 0 Å². The van der Waals surface area contributed by atoms with Crippen LogP contribution in [0.25, 0.3) is 0 Å². The van der Waals surface area contributed by atoms with Crippen LogP contribution in [0.15, 0.2) is 16.0 Å². The van der Waals surface area contributed by atoms with Gasteiger partial charge in [0.1, 0.15) is 0 Å². The van der Waals surface area contributed by atoms with E-state index in [0.717, 1.165) is 35.6 Å². The van der Waals surface area contributed by atoms with Crippen LogP contribution in [0.3, 0.4) is 0 Å². The molecule has 0 saturated heterocycles. The van der Waals surface area contributed by atoms with Crippen molar-refractivity contribution in [2.24, 2.45) is 7.05 Å². The van der Waals surface area contributed by atoms with E-state index in [1.807, 2.05) is 27.8 Å². The Balaban J connectivity index is 2.10. The number of thioether (sulfide) groups is 1. The Morgan fingerprint density at radius 1 is 1.46 bits per heavy atom. The van der Waals surface area contributed by atoms with E-state index in [1.165, 1.54) is 17.8 Å². The first-order valence-corrected chi connectivity index (χ1v) is 8.77. The number of anilines is 1. The number of H-pyrrole nitrogens is 1. The molecule has 7 nitrogen and oxygen atoms in total. The third kappa shape index (κ3) is 4.25. The van der Waals surface area contributed by atoms with E-state index in [1.54, 1.807) is 11.6 Å². The van der Waals surface area contributed by atoms with Gasteiger partial charge in [0.15, 0.2) is 5.16 Å². The predicted octanol–water partition coefficient (Wildman–Crippen LogP) is 2.19. The quantitative estimate of drug-likeness (QED) is 0.616. The number of hydrogen-bond donors (Lipinski definition) is 2. The molecule has 0 bridgehead atoms. The van der Waals surface area contributed by atoms with Gasteiger partial charge in [-0.25, -0.2) is 4.98 Å². The molecule has 130 valence electrons. The van der Waals surface area contributed by atoms with Crippen LogP contribution in [-0.4, -0.2) is 30.9 Å². The van der Waals surface area contributed by atoms with Gasteiger partial charge in [-0.3, -0.25) is 14.3 Å². The summed E-state index contributed by atoms with van der Waals surface area (Å²) in [7, 11) is 1.84. The second kappa shape index (κ2) is 7.65. The van der Waals surface area contributed by atoms with E-state index in [9.17, 15) is 9.59 Å². The molecule has 2 rings (SSSR count). The maximum atomic E-state index is 12.4. The maximum absolute atomic E-state index is 12.4. The standard InChI is InChI=1S/C16H23N5O2S/c1-6-7-12-8-13(22)18-16(17-12)24-11(4)15(23)19-14-9(2)20-21(5)10(14)3/h8,11H,6-7H2,1-5H3,(H,19,23)(H,17,18,22). The lowest BCUT2D eigenvalue weighted by molar-refractivity contribution is -0.115. The predicted molar refractivity (Wildman–Crippen MR) is 95.5 cm³/mol. The molecule has 0 fully saturated rings. The highest BCUT2D eigenvalue weighted by Gasteiger charge is 2.19. The lowest BCUT2D eigenvalue weighted by Gasteiger charge is -2.12. The summed E-state index contributed by atoms with van der Waals surface area (Å²) < 4.78 is 1.73. The molecule has 0 aromatic carbocycles. The van der Waals surface area contributed by atoms with Crippen molar-refractivity contribution in [1.82, 2.24) is 19.7 Å². The third-order valence-electron chi connectivity index (χ3n) is 3.69. The van der Waals surface area contributed by atoms with Gasteiger partial charge in [-0.2, -0.15) is 5.10 Å². The summed E-state index contributed by atoms with van der Waals surface area (Å²) in [5, 5.41) is 7.26. The fourth-order valence-electron chi connectivity index (χ4n) is 2.32. The molecule has 0 aliphatic rings. The van der Waals surface area contributed by atoms with Gasteiger partial charge < -0.3 is 10.3 Å². The van der Waals surface area contributed by atoms with Gasteiger partial charge >= 0.3 is 0 Å². The van der Waals surface area contributed by atoms with Crippen LogP contribution in [0.5, 0.6) is 0 Å². The minimum atomic E-state index is -0.399. The second-order valence-corrected chi connectivity index (χ2v) is 7.04. The monoisotopic (exact) mass is 349 g/mol. The van der Waals surface area contributed by atoms with Crippen molar-refractivity contribution in [3.63, 3.8) is 0 Å². The van der Waals surface area contributed by atoms with Gasteiger partial charge in [0, 0.05) is 18.8 Å². The summed E-state index contributed by atoms with van der Waals surface area (Å²) in [5.74, 6) is -0.150. The lowest BCUT2D eigenvalue weighted by atomic mass is 10.2. The normalized spacial score (nSPS) is 12.2. The van der Waals surface area contributed by atoms with Crippen LogP contribution in [0.1, 0.15) is 37.4 Å². The molecule has 1 amide bonds. The summed E-state index contributed by atoms with van der Waals surface area (Å²) in [6.45, 7) is 7.58. The van der Waals surface area contributed by atoms with Crippen molar-refractivity contribution >= 4 is 23.4 Å². The number of nitrogens with zero attached hydrogens (tertiary/aromatic N) is 3. The van der Waals surface area contributed by atoms with Gasteiger partial charge in [0.25, 0.3) is 5.56 Å². The first-order valence-electron chi connectivity index (χ1n) is 7.89. The Labute approximate surface area is 145 Å². The fourth-order valence-corrected chi connectivity index (χ4v) is 3.15. The van der Waals surface area contributed by atoms with E-state index in [0.29, 0.717) is 5.16 Å². The number of carbonyl (C=O) groups excluding carboxylic acids is 1. The zero-order valence-electron chi connectivity index (χ0n) is 14.6. The number of rotatable bonds is 6. The smallest absolute Gasteiger partial charge is 0.251 e. The molecular weight excluding hydrogens is 326 g/mol. The number of carbonyl (C=O) groups is 1. The van der Waals surface area contributed by atoms with Crippen molar-refractivity contribution in [1.29, 1.82) is 0 Å². The Morgan fingerprint density at radius 3 is 2.75 bits per heavy atom. The van der Waals surface area contributed by atoms with Crippen molar-refractivity contribution < 1.29 is 4.79 Å². The molecule has 2 heterocycles. The number of aromatic nitrogens is 4. The van der Waals surface area contributed by atoms with E-state index in [4.69, 9.17) is 0 Å². The van der Waals surface area contributed by atoms with Crippen LogP contribution in [0.2, 0.25) is 0 Å². The van der Waals surface area contributed by atoms with Crippen molar-refractivity contribution in [2.75, 3.05) is 5.32 Å². The minimum Gasteiger partial charge on any atom is -0.322 e. The van der Waals surface area contributed by atoms with Gasteiger partial charge in [0.2, 0.25) is 5.91 Å². The minimum absolute atomic E-state index is 0.150. The molecule has 2 aromatic rings. The van der Waals surface area contributed by atoms with Crippen LogP contribution >= 0.6 is 11.8 Å². The number of hydrogen-bond acceptors (Lipinski definition) is 5. The first kappa shape index (κ1) is 18.3. The summed E-state index contributed by atoms with van der Waals surface area (Å²) in [6, 6.07) is 1.50. The van der Waals surface area contributed by atoms with Crippen LogP contribution in [0, 0.1) is 13.8 Å². The first-order chi connectivity index (χ1) is 11.3. The highest BCUT2D eigenvalue weighted by atomic mass is 32.2. The highest BCUT2D eigenvalue weighted by Crippen LogP contribution is 2.23. The van der Waals surface area contributed by atoms with Gasteiger partial charge in [-0.1, -0.05) is 25.1 Å². The van der Waals surface area contributed by atoms with Crippen LogP contribution in [0.4, 0.5) is 5.69 Å². The largest absolute Gasteiger partial charge is 0.322 e. The fraction of sp³-hybridized carbons (Fsp3) is 0.500. The molecule has 0 spiro atoms. The molecule has 1 atom stereocenters. The Morgan fingerprint density at radius 2 is 2.17 bits per heavy atom. The van der Waals surface area contributed by atoms with Gasteiger partial charge in [-0.05, 0) is 27.2 Å². The molecule has 2 N–H and O–H groups in total. The van der Waals surface area contributed by atoms with E-state index in [2.05, 4.69) is 20.4 Å². The highest BCUT2D eigenvalue weighted by molar-refractivity contribution is 8.00. The average Bonchev–Trinajstić information content (AvgIpc) is 2.73. The van der Waals surface area contributed by atoms with Crippen molar-refractivity contribution in [2.45, 2.75) is 50.9 Å². The molecule has 0 aliphatic carbocycles. The summed E-state index contributed by atoms with van der Waals surface area (Å²) in [6.07, 6.45) is 1.66. The second-order valence-electron chi connectivity index (χ2n) is 5.71. The maximum Gasteiger partial charge on any atom is 0.251 e. The zero-order valence-corrected chi connectivity index (χ0v) is 15.5. The Bertz CT molecular complexity index is 796. The molecule has 8 heteroatoms. The number of nitrogens with one attached hydrogen (secondary N) is 2. The Kier molecular flexibility index (Phi) is 5.82. The summed E-state index contributed by atoms with van der Waals surface area (Å²) in [4.78, 5) is 31.2. The summed E-state index contributed by atoms with van der Waals surface area (Å²) in [5.41, 5.74) is 2.96. The molecular formula is C16H23N5O2S. The number of aryl methyl sites for hydroxylation is 3. The average molecular weight is 349 g/mol. The number of aromatic amines is 1.